The van der Waals surface area contributed by atoms with Gasteiger partial charge in [0.2, 0.25) is 0 Å². The van der Waals surface area contributed by atoms with E-state index in [1.165, 1.54) is 0 Å². The van der Waals surface area contributed by atoms with E-state index in [-0.39, 0.29) is 5.91 Å². The van der Waals surface area contributed by atoms with Gasteiger partial charge in [0.1, 0.15) is 0 Å². The maximum atomic E-state index is 12.2. The Kier molecular flexibility index (Phi) is 4.34. The summed E-state index contributed by atoms with van der Waals surface area (Å²) in [5, 5.41) is 0. The fourth-order valence-electron chi connectivity index (χ4n) is 2.23. The Labute approximate surface area is 135 Å². The Balaban J connectivity index is 1.69. The number of nitrogens with zero attached hydrogens (tertiary/aromatic N) is 3. The van der Waals surface area contributed by atoms with Crippen molar-refractivity contribution in [3.05, 3.63) is 85.0 Å². The van der Waals surface area contributed by atoms with Crippen molar-refractivity contribution in [3.8, 4) is 5.69 Å². The number of likely N-dealkylation sites (N-methyl/N-ethyl adjacent to an activating group) is 1. The number of benzene rings is 2. The molecule has 0 saturated heterocycles. The fraction of sp³-hybridized carbons (Fsp3) is 0.0526. The summed E-state index contributed by atoms with van der Waals surface area (Å²) in [6.07, 6.45) is 8.79. The number of para-hydroxylation sites is 1. The Bertz CT molecular complexity index is 790. The highest BCUT2D eigenvalue weighted by atomic mass is 16.2. The Morgan fingerprint density at radius 2 is 1.83 bits per heavy atom. The van der Waals surface area contributed by atoms with E-state index < -0.39 is 0 Å². The number of imidazole rings is 1. The minimum Gasteiger partial charge on any atom is -0.312 e. The van der Waals surface area contributed by atoms with E-state index in [0.29, 0.717) is 0 Å². The Hall–Kier alpha value is -3.14. The molecule has 0 aliphatic carbocycles. The molecule has 1 heterocycles. The summed E-state index contributed by atoms with van der Waals surface area (Å²) in [5.74, 6) is -0.0603. The second-order valence-electron chi connectivity index (χ2n) is 5.13. The first kappa shape index (κ1) is 14.8. The molecule has 4 heteroatoms. The summed E-state index contributed by atoms with van der Waals surface area (Å²) in [5.41, 5.74) is 2.88. The zero-order chi connectivity index (χ0) is 16.1. The molecule has 0 N–H and O–H groups in total. The van der Waals surface area contributed by atoms with Gasteiger partial charge >= 0.3 is 0 Å². The lowest BCUT2D eigenvalue weighted by Crippen LogP contribution is -2.23. The molecule has 0 fully saturated rings. The van der Waals surface area contributed by atoms with Crippen molar-refractivity contribution in [1.82, 2.24) is 9.55 Å². The number of hydrogen-bond acceptors (Lipinski definition) is 2. The van der Waals surface area contributed by atoms with E-state index >= 15 is 0 Å². The lowest BCUT2D eigenvalue weighted by Gasteiger charge is -2.14. The van der Waals surface area contributed by atoms with Crippen LogP contribution in [0.3, 0.4) is 0 Å². The van der Waals surface area contributed by atoms with Gasteiger partial charge in [-0.3, -0.25) is 4.79 Å². The maximum absolute atomic E-state index is 12.2. The fourth-order valence-corrected chi connectivity index (χ4v) is 2.23. The molecule has 0 spiro atoms. The van der Waals surface area contributed by atoms with Crippen molar-refractivity contribution in [3.63, 3.8) is 0 Å². The summed E-state index contributed by atoms with van der Waals surface area (Å²) < 4.78 is 1.93. The van der Waals surface area contributed by atoms with Gasteiger partial charge in [0.05, 0.1) is 6.33 Å². The maximum Gasteiger partial charge on any atom is 0.250 e. The molecule has 0 aliphatic heterocycles. The lowest BCUT2D eigenvalue weighted by atomic mass is 10.2. The minimum atomic E-state index is -0.0603. The van der Waals surface area contributed by atoms with Gasteiger partial charge in [-0.2, -0.15) is 0 Å². The van der Waals surface area contributed by atoms with E-state index in [9.17, 15) is 4.79 Å². The first-order valence-electron chi connectivity index (χ1n) is 7.33. The SMILES string of the molecule is CN(C(=O)/C=C/c1ccc(-n2ccnc2)cc1)c1ccccc1. The van der Waals surface area contributed by atoms with Crippen molar-refractivity contribution in [2.24, 2.45) is 0 Å². The number of amides is 1. The van der Waals surface area contributed by atoms with Crippen LogP contribution in [0.4, 0.5) is 5.69 Å². The van der Waals surface area contributed by atoms with Crippen LogP contribution in [-0.2, 0) is 4.79 Å². The van der Waals surface area contributed by atoms with Crippen LogP contribution in [0.2, 0.25) is 0 Å². The third-order valence-corrected chi connectivity index (χ3v) is 3.59. The molecule has 1 amide bonds. The average Bonchev–Trinajstić information content (AvgIpc) is 3.15. The molecule has 0 saturated carbocycles. The standard InChI is InChI=1S/C19H17N3O/c1-21(17-5-3-2-4-6-17)19(23)12-9-16-7-10-18(11-8-16)22-14-13-20-15-22/h2-15H,1H3/b12-9+. The average molecular weight is 303 g/mol. The zero-order valence-corrected chi connectivity index (χ0v) is 12.8. The van der Waals surface area contributed by atoms with Gasteiger partial charge in [0, 0.05) is 36.9 Å². The van der Waals surface area contributed by atoms with Crippen LogP contribution in [0.1, 0.15) is 5.56 Å². The first-order chi connectivity index (χ1) is 11.2. The molecule has 0 unspecified atom stereocenters. The van der Waals surface area contributed by atoms with Gasteiger partial charge in [-0.1, -0.05) is 30.3 Å². The van der Waals surface area contributed by atoms with Gasteiger partial charge in [0.15, 0.2) is 0 Å². The molecule has 3 aromatic rings. The highest BCUT2D eigenvalue weighted by molar-refractivity contribution is 6.03. The molecule has 23 heavy (non-hydrogen) atoms. The van der Waals surface area contributed by atoms with Crippen LogP contribution in [-0.4, -0.2) is 22.5 Å². The van der Waals surface area contributed by atoms with E-state index in [0.717, 1.165) is 16.9 Å². The van der Waals surface area contributed by atoms with Crippen molar-refractivity contribution >= 4 is 17.7 Å². The highest BCUT2D eigenvalue weighted by Crippen LogP contribution is 2.13. The van der Waals surface area contributed by atoms with Crippen molar-refractivity contribution in [1.29, 1.82) is 0 Å². The predicted molar refractivity (Wildman–Crippen MR) is 92.5 cm³/mol. The van der Waals surface area contributed by atoms with Crippen LogP contribution < -0.4 is 4.90 Å². The number of anilines is 1. The van der Waals surface area contributed by atoms with E-state index in [4.69, 9.17) is 0 Å². The molecule has 0 radical (unpaired) electrons. The topological polar surface area (TPSA) is 38.1 Å². The van der Waals surface area contributed by atoms with Gasteiger partial charge in [-0.15, -0.1) is 0 Å². The summed E-state index contributed by atoms with van der Waals surface area (Å²) in [6.45, 7) is 0. The number of carbonyl (C=O) groups excluding carboxylic acids is 1. The molecule has 0 bridgehead atoms. The number of rotatable bonds is 4. The minimum absolute atomic E-state index is 0.0603. The van der Waals surface area contributed by atoms with E-state index in [1.54, 1.807) is 30.5 Å². The van der Waals surface area contributed by atoms with Crippen LogP contribution >= 0.6 is 0 Å². The second kappa shape index (κ2) is 6.75. The van der Waals surface area contributed by atoms with Crippen LogP contribution in [0.5, 0.6) is 0 Å². The molecule has 4 nitrogen and oxygen atoms in total. The van der Waals surface area contributed by atoms with Gasteiger partial charge in [-0.25, -0.2) is 4.98 Å². The lowest BCUT2D eigenvalue weighted by molar-refractivity contribution is -0.113. The van der Waals surface area contributed by atoms with Crippen LogP contribution in [0, 0.1) is 0 Å². The molecule has 2 aromatic carbocycles. The molecule has 114 valence electrons. The molecular weight excluding hydrogens is 286 g/mol. The Morgan fingerprint density at radius 1 is 1.09 bits per heavy atom. The van der Waals surface area contributed by atoms with Crippen LogP contribution in [0.25, 0.3) is 11.8 Å². The third-order valence-electron chi connectivity index (χ3n) is 3.59. The van der Waals surface area contributed by atoms with Crippen LogP contribution in [0.15, 0.2) is 79.4 Å². The third kappa shape index (κ3) is 3.55. The largest absolute Gasteiger partial charge is 0.312 e. The normalized spacial score (nSPS) is 10.8. The number of hydrogen-bond donors (Lipinski definition) is 0. The monoisotopic (exact) mass is 303 g/mol. The summed E-state index contributed by atoms with van der Waals surface area (Å²) in [7, 11) is 1.77. The second-order valence-corrected chi connectivity index (χ2v) is 5.13. The van der Waals surface area contributed by atoms with Gasteiger partial charge in [0.25, 0.3) is 5.91 Å². The van der Waals surface area contributed by atoms with E-state index in [1.807, 2.05) is 71.4 Å². The molecule has 3 rings (SSSR count). The first-order valence-corrected chi connectivity index (χ1v) is 7.33. The quantitative estimate of drug-likeness (QED) is 0.691. The number of aromatic nitrogens is 2. The molecule has 1 aromatic heterocycles. The predicted octanol–water partition coefficient (Wildman–Crippen LogP) is 3.55. The summed E-state index contributed by atoms with van der Waals surface area (Å²) in [6, 6.07) is 17.5. The molecule has 0 atom stereocenters. The van der Waals surface area contributed by atoms with Crippen molar-refractivity contribution in [2.75, 3.05) is 11.9 Å². The Morgan fingerprint density at radius 3 is 2.48 bits per heavy atom. The smallest absolute Gasteiger partial charge is 0.250 e. The summed E-state index contributed by atoms with van der Waals surface area (Å²) >= 11 is 0. The zero-order valence-electron chi connectivity index (χ0n) is 12.8. The van der Waals surface area contributed by atoms with Crippen molar-refractivity contribution < 1.29 is 4.79 Å². The molecule has 0 aliphatic rings. The van der Waals surface area contributed by atoms with Crippen molar-refractivity contribution in [2.45, 2.75) is 0 Å². The van der Waals surface area contributed by atoms with Gasteiger partial charge < -0.3 is 9.47 Å². The number of carbonyl (C=O) groups is 1. The van der Waals surface area contributed by atoms with Gasteiger partial charge in [-0.05, 0) is 35.9 Å². The highest BCUT2D eigenvalue weighted by Gasteiger charge is 2.06. The van der Waals surface area contributed by atoms with E-state index in [2.05, 4.69) is 4.98 Å². The molecular formula is C19H17N3O. The summed E-state index contributed by atoms with van der Waals surface area (Å²) in [4.78, 5) is 17.8.